The molecule has 0 saturated carbocycles. The van der Waals surface area contributed by atoms with Crippen molar-refractivity contribution in [3.05, 3.63) is 12.7 Å². The number of hydrogen-bond acceptors (Lipinski definition) is 2. The maximum Gasteiger partial charge on any atom is 0.0964 e. The minimum atomic E-state index is 0.974. The van der Waals surface area contributed by atoms with Crippen LogP contribution in [0.1, 0.15) is 32.1 Å². The van der Waals surface area contributed by atoms with Crippen molar-refractivity contribution in [3.8, 4) is 0 Å². The first kappa shape index (κ1) is 9.30. The van der Waals surface area contributed by atoms with Crippen LogP contribution in [0.2, 0.25) is 0 Å². The fourth-order valence-electron chi connectivity index (χ4n) is 1.37. The molecule has 0 amide bonds. The number of rotatable bonds is 6. The van der Waals surface area contributed by atoms with Crippen molar-refractivity contribution in [1.82, 2.24) is 5.32 Å². The Hall–Kier alpha value is -0.790. The molecular weight excluding hydrogens is 148 g/mol. The van der Waals surface area contributed by atoms with Gasteiger partial charge in [0.15, 0.2) is 0 Å². The number of allylic oxidation sites excluding steroid dienone is 1. The van der Waals surface area contributed by atoms with E-state index in [0.717, 1.165) is 25.9 Å². The summed E-state index contributed by atoms with van der Waals surface area (Å²) in [5.41, 5.74) is 0. The van der Waals surface area contributed by atoms with Crippen LogP contribution in [-0.2, 0) is 0 Å². The van der Waals surface area contributed by atoms with Crippen molar-refractivity contribution in [2.24, 2.45) is 4.99 Å². The third kappa shape index (κ3) is 3.56. The lowest BCUT2D eigenvalue weighted by molar-refractivity contribution is 0.702. The van der Waals surface area contributed by atoms with Crippen LogP contribution < -0.4 is 5.32 Å². The van der Waals surface area contributed by atoms with Gasteiger partial charge in [-0.3, -0.25) is 4.99 Å². The standard InChI is InChI=1S/C10H18N2/c1-2-3-4-5-6-7-10-11-8-9-12-10/h2H,1,3-9H2,(H,11,12). The number of hydrogen-bond donors (Lipinski definition) is 1. The molecule has 2 heteroatoms. The summed E-state index contributed by atoms with van der Waals surface area (Å²) >= 11 is 0. The van der Waals surface area contributed by atoms with Crippen LogP contribution in [0, 0.1) is 0 Å². The van der Waals surface area contributed by atoms with Gasteiger partial charge in [0.05, 0.1) is 12.4 Å². The molecule has 12 heavy (non-hydrogen) atoms. The molecule has 1 aliphatic rings. The largest absolute Gasteiger partial charge is 0.372 e. The van der Waals surface area contributed by atoms with Gasteiger partial charge in [-0.1, -0.05) is 12.5 Å². The average Bonchev–Trinajstić information content (AvgIpc) is 2.57. The molecule has 1 N–H and O–H groups in total. The number of nitrogens with one attached hydrogen (secondary N) is 1. The Kier molecular flexibility index (Phi) is 4.50. The minimum absolute atomic E-state index is 0.974. The number of unbranched alkanes of at least 4 members (excludes halogenated alkanes) is 3. The lowest BCUT2D eigenvalue weighted by atomic mass is 10.1. The van der Waals surface area contributed by atoms with Crippen LogP contribution in [0.25, 0.3) is 0 Å². The van der Waals surface area contributed by atoms with Crippen LogP contribution in [0.15, 0.2) is 17.6 Å². The third-order valence-corrected chi connectivity index (χ3v) is 2.07. The highest BCUT2D eigenvalue weighted by Gasteiger charge is 2.02. The van der Waals surface area contributed by atoms with Gasteiger partial charge in [0, 0.05) is 13.0 Å². The van der Waals surface area contributed by atoms with E-state index in [1.54, 1.807) is 0 Å². The maximum atomic E-state index is 4.34. The molecule has 0 aromatic heterocycles. The smallest absolute Gasteiger partial charge is 0.0964 e. The normalized spacial score (nSPS) is 15.5. The second-order valence-electron chi connectivity index (χ2n) is 3.14. The number of nitrogens with zero attached hydrogens (tertiary/aromatic N) is 1. The molecule has 1 aliphatic heterocycles. The zero-order chi connectivity index (χ0) is 8.65. The molecule has 0 unspecified atom stereocenters. The van der Waals surface area contributed by atoms with E-state index in [-0.39, 0.29) is 0 Å². The van der Waals surface area contributed by atoms with Crippen molar-refractivity contribution in [2.45, 2.75) is 32.1 Å². The molecule has 0 aromatic carbocycles. The van der Waals surface area contributed by atoms with Crippen molar-refractivity contribution in [3.63, 3.8) is 0 Å². The van der Waals surface area contributed by atoms with E-state index in [0.29, 0.717) is 0 Å². The van der Waals surface area contributed by atoms with Crippen LogP contribution >= 0.6 is 0 Å². The highest BCUT2D eigenvalue weighted by atomic mass is 15.1. The van der Waals surface area contributed by atoms with E-state index in [4.69, 9.17) is 0 Å². The van der Waals surface area contributed by atoms with E-state index in [1.165, 1.54) is 25.1 Å². The second-order valence-corrected chi connectivity index (χ2v) is 3.14. The fraction of sp³-hybridized carbons (Fsp3) is 0.700. The van der Waals surface area contributed by atoms with Crippen molar-refractivity contribution in [2.75, 3.05) is 13.1 Å². The van der Waals surface area contributed by atoms with Crippen LogP contribution in [0.3, 0.4) is 0 Å². The Morgan fingerprint density at radius 2 is 2.33 bits per heavy atom. The topological polar surface area (TPSA) is 24.4 Å². The Balaban J connectivity index is 1.91. The van der Waals surface area contributed by atoms with E-state index < -0.39 is 0 Å². The Bertz CT molecular complexity index is 161. The van der Waals surface area contributed by atoms with Gasteiger partial charge in [-0.05, 0) is 19.3 Å². The molecule has 1 heterocycles. The van der Waals surface area contributed by atoms with Crippen LogP contribution in [0.4, 0.5) is 0 Å². The Morgan fingerprint density at radius 1 is 1.42 bits per heavy atom. The van der Waals surface area contributed by atoms with E-state index in [2.05, 4.69) is 16.9 Å². The van der Waals surface area contributed by atoms with Gasteiger partial charge in [0.2, 0.25) is 0 Å². The average molecular weight is 166 g/mol. The molecule has 2 nitrogen and oxygen atoms in total. The number of amidine groups is 1. The lowest BCUT2D eigenvalue weighted by Gasteiger charge is -2.00. The van der Waals surface area contributed by atoms with E-state index in [9.17, 15) is 0 Å². The molecule has 0 bridgehead atoms. The van der Waals surface area contributed by atoms with Crippen LogP contribution in [0.5, 0.6) is 0 Å². The van der Waals surface area contributed by atoms with Gasteiger partial charge >= 0.3 is 0 Å². The van der Waals surface area contributed by atoms with Gasteiger partial charge in [-0.15, -0.1) is 6.58 Å². The first-order chi connectivity index (χ1) is 5.93. The second kappa shape index (κ2) is 5.81. The van der Waals surface area contributed by atoms with Crippen molar-refractivity contribution >= 4 is 5.84 Å². The summed E-state index contributed by atoms with van der Waals surface area (Å²) in [5.74, 6) is 1.22. The zero-order valence-electron chi connectivity index (χ0n) is 7.68. The van der Waals surface area contributed by atoms with Gasteiger partial charge in [0.1, 0.15) is 0 Å². The summed E-state index contributed by atoms with van der Waals surface area (Å²) in [7, 11) is 0. The summed E-state index contributed by atoms with van der Waals surface area (Å²) in [6, 6.07) is 0. The monoisotopic (exact) mass is 166 g/mol. The molecule has 0 aromatic rings. The molecule has 0 fully saturated rings. The third-order valence-electron chi connectivity index (χ3n) is 2.07. The number of aliphatic imine (C=N–C) groups is 1. The minimum Gasteiger partial charge on any atom is -0.372 e. The molecule has 68 valence electrons. The predicted molar refractivity (Wildman–Crippen MR) is 53.6 cm³/mol. The highest BCUT2D eigenvalue weighted by molar-refractivity contribution is 5.83. The summed E-state index contributed by atoms with van der Waals surface area (Å²) in [4.78, 5) is 4.34. The van der Waals surface area contributed by atoms with E-state index in [1.807, 2.05) is 6.08 Å². The summed E-state index contributed by atoms with van der Waals surface area (Å²) in [6.45, 7) is 5.72. The summed E-state index contributed by atoms with van der Waals surface area (Å²) in [6.07, 6.45) is 8.12. The van der Waals surface area contributed by atoms with Crippen molar-refractivity contribution < 1.29 is 0 Å². The predicted octanol–water partition coefficient (Wildman–Crippen LogP) is 2.12. The molecule has 0 radical (unpaired) electrons. The van der Waals surface area contributed by atoms with Gasteiger partial charge in [-0.2, -0.15) is 0 Å². The van der Waals surface area contributed by atoms with E-state index >= 15 is 0 Å². The lowest BCUT2D eigenvalue weighted by Crippen LogP contribution is -2.17. The molecule has 0 atom stereocenters. The van der Waals surface area contributed by atoms with Gasteiger partial charge < -0.3 is 5.32 Å². The fourth-order valence-corrected chi connectivity index (χ4v) is 1.37. The van der Waals surface area contributed by atoms with Gasteiger partial charge in [-0.25, -0.2) is 0 Å². The Morgan fingerprint density at radius 3 is 3.00 bits per heavy atom. The summed E-state index contributed by atoms with van der Waals surface area (Å²) in [5, 5.41) is 3.28. The first-order valence-electron chi connectivity index (χ1n) is 4.81. The quantitative estimate of drug-likeness (QED) is 0.474. The summed E-state index contributed by atoms with van der Waals surface area (Å²) < 4.78 is 0. The molecular formula is C10H18N2. The van der Waals surface area contributed by atoms with Crippen molar-refractivity contribution in [1.29, 1.82) is 0 Å². The molecule has 1 rings (SSSR count). The molecule has 0 saturated heterocycles. The van der Waals surface area contributed by atoms with Crippen LogP contribution in [-0.4, -0.2) is 18.9 Å². The van der Waals surface area contributed by atoms with Gasteiger partial charge in [0.25, 0.3) is 0 Å². The maximum absolute atomic E-state index is 4.34. The first-order valence-corrected chi connectivity index (χ1v) is 4.81. The SMILES string of the molecule is C=CCCCCCC1=NCCN1. The zero-order valence-corrected chi connectivity index (χ0v) is 7.68. The molecule has 0 spiro atoms. The highest BCUT2D eigenvalue weighted by Crippen LogP contribution is 2.04. The Labute approximate surface area is 74.8 Å². The molecule has 0 aliphatic carbocycles.